The third kappa shape index (κ3) is 6.51. The first kappa shape index (κ1) is 21.2. The van der Waals surface area contributed by atoms with E-state index >= 15 is 0 Å². The van der Waals surface area contributed by atoms with Crippen LogP contribution in [0, 0.1) is 5.92 Å². The highest BCUT2D eigenvalue weighted by Crippen LogP contribution is 2.17. The van der Waals surface area contributed by atoms with Crippen molar-refractivity contribution in [3.63, 3.8) is 0 Å². The zero-order valence-electron chi connectivity index (χ0n) is 17.1. The minimum atomic E-state index is -0.467. The number of amides is 2. The lowest BCUT2D eigenvalue weighted by atomic mass is 10.0. The molecule has 0 aliphatic carbocycles. The normalized spacial score (nSPS) is 17.1. The van der Waals surface area contributed by atoms with Gasteiger partial charge >= 0.3 is 0 Å². The highest BCUT2D eigenvalue weighted by molar-refractivity contribution is 5.98. The standard InChI is InChI=1S/C22H33N3O2/c1-5-18(19-9-7-6-8-10-19)16-21(26)23-20(15-17(2)3)22(27)25-13-11-24(4)12-14-25/h6-10,16-17,20H,5,11-15H2,1-4H3,(H,23,26)/b18-16+/t20-/m0/s1. The van der Waals surface area contributed by atoms with Gasteiger partial charge in [-0.05, 0) is 36.9 Å². The Morgan fingerprint density at radius 3 is 2.30 bits per heavy atom. The van der Waals surface area contributed by atoms with Gasteiger partial charge in [-0.3, -0.25) is 9.59 Å². The molecule has 2 amide bonds. The van der Waals surface area contributed by atoms with Crippen molar-refractivity contribution in [1.82, 2.24) is 15.1 Å². The molecule has 5 heteroatoms. The minimum Gasteiger partial charge on any atom is -0.341 e. The highest BCUT2D eigenvalue weighted by atomic mass is 16.2. The van der Waals surface area contributed by atoms with Gasteiger partial charge in [0.1, 0.15) is 6.04 Å². The van der Waals surface area contributed by atoms with Crippen LogP contribution in [-0.2, 0) is 9.59 Å². The van der Waals surface area contributed by atoms with E-state index in [1.807, 2.05) is 42.2 Å². The Morgan fingerprint density at radius 2 is 1.74 bits per heavy atom. The molecule has 1 aliphatic rings. The Hall–Kier alpha value is -2.14. The maximum absolute atomic E-state index is 13.0. The predicted molar refractivity (Wildman–Crippen MR) is 110 cm³/mol. The number of hydrogen-bond donors (Lipinski definition) is 1. The molecule has 0 saturated carbocycles. The van der Waals surface area contributed by atoms with E-state index in [-0.39, 0.29) is 11.8 Å². The lowest BCUT2D eigenvalue weighted by Gasteiger charge is -2.35. The summed E-state index contributed by atoms with van der Waals surface area (Å²) < 4.78 is 0. The molecule has 148 valence electrons. The summed E-state index contributed by atoms with van der Waals surface area (Å²) in [6, 6.07) is 9.44. The number of carbonyl (C=O) groups excluding carboxylic acids is 2. The van der Waals surface area contributed by atoms with Crippen LogP contribution in [-0.4, -0.2) is 60.9 Å². The van der Waals surface area contributed by atoms with E-state index in [4.69, 9.17) is 0 Å². The number of hydrogen-bond acceptors (Lipinski definition) is 3. The third-order valence-electron chi connectivity index (χ3n) is 4.97. The Kier molecular flexibility index (Phi) is 8.04. The van der Waals surface area contributed by atoms with Crippen molar-refractivity contribution < 1.29 is 9.59 Å². The van der Waals surface area contributed by atoms with Crippen LogP contribution in [0.4, 0.5) is 0 Å². The van der Waals surface area contributed by atoms with Crippen molar-refractivity contribution in [3.05, 3.63) is 42.0 Å². The number of rotatable bonds is 7. The van der Waals surface area contributed by atoms with Gasteiger partial charge in [-0.25, -0.2) is 0 Å². The Bertz CT molecular complexity index is 647. The van der Waals surface area contributed by atoms with Gasteiger partial charge in [0.2, 0.25) is 11.8 Å². The molecule has 5 nitrogen and oxygen atoms in total. The van der Waals surface area contributed by atoms with Crippen LogP contribution >= 0.6 is 0 Å². The molecule has 1 aromatic rings. The molecule has 1 heterocycles. The molecule has 27 heavy (non-hydrogen) atoms. The van der Waals surface area contributed by atoms with Gasteiger partial charge in [0.05, 0.1) is 0 Å². The van der Waals surface area contributed by atoms with Gasteiger partial charge in [0, 0.05) is 32.3 Å². The summed E-state index contributed by atoms with van der Waals surface area (Å²) >= 11 is 0. The fourth-order valence-electron chi connectivity index (χ4n) is 3.35. The number of allylic oxidation sites excluding steroid dienone is 1. The molecule has 1 aromatic carbocycles. The molecule has 0 spiro atoms. The average Bonchev–Trinajstić information content (AvgIpc) is 2.66. The van der Waals surface area contributed by atoms with Crippen LogP contribution in [0.3, 0.4) is 0 Å². The fraction of sp³-hybridized carbons (Fsp3) is 0.545. The SMILES string of the molecule is CC/C(=C\C(=O)N[C@@H](CC(C)C)C(=O)N1CCN(C)CC1)c1ccccc1. The molecular weight excluding hydrogens is 338 g/mol. The molecule has 0 aromatic heterocycles. The van der Waals surface area contributed by atoms with Crippen molar-refractivity contribution in [2.75, 3.05) is 33.2 Å². The number of piperazine rings is 1. The summed E-state index contributed by atoms with van der Waals surface area (Å²) in [6.07, 6.45) is 3.05. The lowest BCUT2D eigenvalue weighted by molar-refractivity contribution is -0.137. The van der Waals surface area contributed by atoms with Gasteiger partial charge in [0.15, 0.2) is 0 Å². The van der Waals surface area contributed by atoms with Crippen LogP contribution in [0.5, 0.6) is 0 Å². The summed E-state index contributed by atoms with van der Waals surface area (Å²) in [5.74, 6) is 0.176. The second-order valence-electron chi connectivity index (χ2n) is 7.71. The molecule has 1 atom stereocenters. The van der Waals surface area contributed by atoms with Crippen molar-refractivity contribution in [3.8, 4) is 0 Å². The first-order valence-electron chi connectivity index (χ1n) is 9.94. The van der Waals surface area contributed by atoms with Crippen LogP contribution < -0.4 is 5.32 Å². The highest BCUT2D eigenvalue weighted by Gasteiger charge is 2.28. The Balaban J connectivity index is 2.09. The summed E-state index contributed by atoms with van der Waals surface area (Å²) in [7, 11) is 2.07. The summed E-state index contributed by atoms with van der Waals surface area (Å²) in [4.78, 5) is 29.7. The van der Waals surface area contributed by atoms with E-state index in [0.717, 1.165) is 43.7 Å². The molecule has 0 unspecified atom stereocenters. The van der Waals surface area contributed by atoms with Crippen LogP contribution in [0.25, 0.3) is 5.57 Å². The molecule has 0 radical (unpaired) electrons. The number of nitrogens with zero attached hydrogens (tertiary/aromatic N) is 2. The summed E-state index contributed by atoms with van der Waals surface area (Å²) in [5.41, 5.74) is 2.02. The van der Waals surface area contributed by atoms with Gasteiger partial charge < -0.3 is 15.1 Å². The Morgan fingerprint density at radius 1 is 1.11 bits per heavy atom. The third-order valence-corrected chi connectivity index (χ3v) is 4.97. The van der Waals surface area contributed by atoms with Crippen molar-refractivity contribution in [2.45, 2.75) is 39.7 Å². The van der Waals surface area contributed by atoms with E-state index in [1.54, 1.807) is 6.08 Å². The van der Waals surface area contributed by atoms with E-state index in [9.17, 15) is 9.59 Å². The molecule has 1 fully saturated rings. The molecule has 1 saturated heterocycles. The fourth-order valence-corrected chi connectivity index (χ4v) is 3.35. The smallest absolute Gasteiger partial charge is 0.245 e. The monoisotopic (exact) mass is 371 g/mol. The zero-order chi connectivity index (χ0) is 19.8. The van der Waals surface area contributed by atoms with Gasteiger partial charge in [-0.2, -0.15) is 0 Å². The second-order valence-corrected chi connectivity index (χ2v) is 7.71. The molecule has 2 rings (SSSR count). The molecular formula is C22H33N3O2. The van der Waals surface area contributed by atoms with E-state index in [2.05, 4.69) is 31.1 Å². The van der Waals surface area contributed by atoms with E-state index in [0.29, 0.717) is 12.3 Å². The molecule has 0 bridgehead atoms. The second kappa shape index (κ2) is 10.3. The van der Waals surface area contributed by atoms with Crippen LogP contribution in [0.15, 0.2) is 36.4 Å². The minimum absolute atomic E-state index is 0.0382. The van der Waals surface area contributed by atoms with Gasteiger partial charge in [-0.1, -0.05) is 51.1 Å². The van der Waals surface area contributed by atoms with Crippen molar-refractivity contribution in [2.24, 2.45) is 5.92 Å². The number of carbonyl (C=O) groups is 2. The van der Waals surface area contributed by atoms with Gasteiger partial charge in [-0.15, -0.1) is 0 Å². The number of benzene rings is 1. The maximum atomic E-state index is 13.0. The summed E-state index contributed by atoms with van der Waals surface area (Å²) in [6.45, 7) is 9.39. The Labute approximate surface area is 163 Å². The maximum Gasteiger partial charge on any atom is 0.245 e. The first-order valence-corrected chi connectivity index (χ1v) is 9.94. The topological polar surface area (TPSA) is 52.7 Å². The van der Waals surface area contributed by atoms with Crippen molar-refractivity contribution >= 4 is 17.4 Å². The van der Waals surface area contributed by atoms with Gasteiger partial charge in [0.25, 0.3) is 0 Å². The van der Waals surface area contributed by atoms with E-state index < -0.39 is 6.04 Å². The average molecular weight is 372 g/mol. The van der Waals surface area contributed by atoms with Crippen LogP contribution in [0.1, 0.15) is 39.2 Å². The van der Waals surface area contributed by atoms with E-state index in [1.165, 1.54) is 0 Å². The largest absolute Gasteiger partial charge is 0.341 e. The summed E-state index contributed by atoms with van der Waals surface area (Å²) in [5, 5.41) is 2.97. The predicted octanol–water partition coefficient (Wildman–Crippen LogP) is 2.78. The van der Waals surface area contributed by atoms with Crippen LogP contribution in [0.2, 0.25) is 0 Å². The quantitative estimate of drug-likeness (QED) is 0.750. The number of nitrogens with one attached hydrogen (secondary N) is 1. The lowest BCUT2D eigenvalue weighted by Crippen LogP contribution is -2.54. The molecule has 1 N–H and O–H groups in total. The zero-order valence-corrected chi connectivity index (χ0v) is 17.1. The number of likely N-dealkylation sites (N-methyl/N-ethyl adjacent to an activating group) is 1. The first-order chi connectivity index (χ1) is 12.9. The molecule has 1 aliphatic heterocycles. The van der Waals surface area contributed by atoms with Crippen molar-refractivity contribution in [1.29, 1.82) is 0 Å².